The van der Waals surface area contributed by atoms with Gasteiger partial charge in [0.25, 0.3) is 0 Å². The van der Waals surface area contributed by atoms with Gasteiger partial charge in [-0.25, -0.2) is 4.79 Å². The summed E-state index contributed by atoms with van der Waals surface area (Å²) in [6.45, 7) is 2.10. The molecule has 2 aromatic carbocycles. The Bertz CT molecular complexity index is 719. The fourth-order valence-electron chi connectivity index (χ4n) is 2.75. The number of hydrogen-bond donors (Lipinski definition) is 1. The molecule has 0 saturated carbocycles. The van der Waals surface area contributed by atoms with Crippen molar-refractivity contribution in [1.82, 2.24) is 0 Å². The van der Waals surface area contributed by atoms with E-state index in [0.717, 1.165) is 36.5 Å². The summed E-state index contributed by atoms with van der Waals surface area (Å²) in [6, 6.07) is 12.6. The van der Waals surface area contributed by atoms with Gasteiger partial charge in [-0.1, -0.05) is 18.2 Å². The van der Waals surface area contributed by atoms with Crippen LogP contribution in [0, 0.1) is 5.92 Å². The number of benzene rings is 2. The normalized spacial score (nSPS) is 16.8. The van der Waals surface area contributed by atoms with Crippen LogP contribution in [-0.4, -0.2) is 38.0 Å². The van der Waals surface area contributed by atoms with E-state index in [0.29, 0.717) is 18.3 Å². The van der Waals surface area contributed by atoms with Gasteiger partial charge in [-0.3, -0.25) is 0 Å². The van der Waals surface area contributed by atoms with Crippen LogP contribution in [0.2, 0.25) is 0 Å². The molecular formula is C19H20O5. The molecule has 24 heavy (non-hydrogen) atoms. The topological polar surface area (TPSA) is 65.0 Å². The minimum atomic E-state index is -0.989. The fourth-order valence-corrected chi connectivity index (χ4v) is 2.75. The van der Waals surface area contributed by atoms with Crippen molar-refractivity contribution in [2.75, 3.05) is 26.9 Å². The number of carbonyl (C=O) groups is 1. The van der Waals surface area contributed by atoms with Crippen molar-refractivity contribution in [2.24, 2.45) is 5.92 Å². The van der Waals surface area contributed by atoms with Crippen LogP contribution in [0.1, 0.15) is 16.8 Å². The number of methoxy groups -OCH3 is 1. The number of para-hydroxylation sites is 1. The quantitative estimate of drug-likeness (QED) is 0.879. The zero-order valence-corrected chi connectivity index (χ0v) is 13.5. The van der Waals surface area contributed by atoms with Crippen molar-refractivity contribution in [3.05, 3.63) is 48.0 Å². The highest BCUT2D eigenvalue weighted by Crippen LogP contribution is 2.33. The van der Waals surface area contributed by atoms with Gasteiger partial charge in [0.1, 0.15) is 11.5 Å². The van der Waals surface area contributed by atoms with Crippen molar-refractivity contribution >= 4 is 5.97 Å². The molecule has 1 aliphatic rings. The lowest BCUT2D eigenvalue weighted by atomic mass is 10.0. The first-order valence-corrected chi connectivity index (χ1v) is 7.89. The molecule has 0 spiro atoms. The van der Waals surface area contributed by atoms with E-state index in [1.807, 2.05) is 30.3 Å². The number of carboxylic acids is 1. The second kappa shape index (κ2) is 7.36. The second-order valence-corrected chi connectivity index (χ2v) is 5.79. The lowest BCUT2D eigenvalue weighted by Gasteiger charge is -2.15. The van der Waals surface area contributed by atoms with Crippen LogP contribution in [0.4, 0.5) is 0 Å². The number of carboxylic acid groups (broad SMARTS) is 1. The van der Waals surface area contributed by atoms with Crippen molar-refractivity contribution in [1.29, 1.82) is 0 Å². The molecule has 0 amide bonds. The zero-order chi connectivity index (χ0) is 16.9. The number of ether oxygens (including phenoxy) is 3. The molecule has 0 bridgehead atoms. The zero-order valence-electron chi connectivity index (χ0n) is 13.5. The van der Waals surface area contributed by atoms with E-state index in [-0.39, 0.29) is 5.56 Å². The highest BCUT2D eigenvalue weighted by molar-refractivity contribution is 5.90. The van der Waals surface area contributed by atoms with E-state index < -0.39 is 5.97 Å². The van der Waals surface area contributed by atoms with Crippen LogP contribution in [0.5, 0.6) is 11.5 Å². The summed E-state index contributed by atoms with van der Waals surface area (Å²) in [4.78, 5) is 11.3. The van der Waals surface area contributed by atoms with Crippen molar-refractivity contribution < 1.29 is 24.1 Å². The Hall–Kier alpha value is -2.53. The molecule has 0 aromatic heterocycles. The maximum absolute atomic E-state index is 11.3. The first-order chi connectivity index (χ1) is 11.7. The molecule has 0 radical (unpaired) electrons. The molecule has 1 atom stereocenters. The van der Waals surface area contributed by atoms with Crippen molar-refractivity contribution in [3.8, 4) is 22.6 Å². The van der Waals surface area contributed by atoms with Crippen LogP contribution in [0.15, 0.2) is 42.5 Å². The van der Waals surface area contributed by atoms with Crippen molar-refractivity contribution in [3.63, 3.8) is 0 Å². The summed E-state index contributed by atoms with van der Waals surface area (Å²) in [7, 11) is 1.52. The molecule has 1 N–H and O–H groups in total. The standard InChI is InChI=1S/C19H20O5/c1-22-16-9-14(8-15(10-16)19(20)21)17-4-2-3-5-18(17)24-12-13-6-7-23-11-13/h2-5,8-10,13H,6-7,11-12H2,1H3,(H,20,21). The van der Waals surface area contributed by atoms with E-state index in [1.165, 1.54) is 13.2 Å². The molecule has 3 rings (SSSR count). The van der Waals surface area contributed by atoms with Gasteiger partial charge in [-0.15, -0.1) is 0 Å². The molecule has 5 heteroatoms. The van der Waals surface area contributed by atoms with Gasteiger partial charge in [0.2, 0.25) is 0 Å². The number of aromatic carboxylic acids is 1. The van der Waals surface area contributed by atoms with Crippen molar-refractivity contribution in [2.45, 2.75) is 6.42 Å². The van der Waals surface area contributed by atoms with Gasteiger partial charge in [0.05, 0.1) is 25.9 Å². The summed E-state index contributed by atoms with van der Waals surface area (Å²) in [5.74, 6) is 0.646. The Labute approximate surface area is 140 Å². The van der Waals surface area contributed by atoms with E-state index in [9.17, 15) is 9.90 Å². The largest absolute Gasteiger partial charge is 0.497 e. The molecule has 0 aliphatic carbocycles. The fraction of sp³-hybridized carbons (Fsp3) is 0.316. The Balaban J connectivity index is 1.91. The molecule has 1 aliphatic heterocycles. The van der Waals surface area contributed by atoms with Crippen LogP contribution in [0.25, 0.3) is 11.1 Å². The molecule has 1 unspecified atom stereocenters. The Kier molecular flexibility index (Phi) is 5.01. The monoisotopic (exact) mass is 328 g/mol. The maximum Gasteiger partial charge on any atom is 0.335 e. The van der Waals surface area contributed by atoms with Gasteiger partial charge in [-0.05, 0) is 36.2 Å². The second-order valence-electron chi connectivity index (χ2n) is 5.79. The lowest BCUT2D eigenvalue weighted by Crippen LogP contribution is -2.12. The number of rotatable bonds is 6. The Morgan fingerprint density at radius 2 is 2.12 bits per heavy atom. The Morgan fingerprint density at radius 3 is 2.83 bits per heavy atom. The Morgan fingerprint density at radius 1 is 1.29 bits per heavy atom. The van der Waals surface area contributed by atoms with Crippen LogP contribution in [0.3, 0.4) is 0 Å². The summed E-state index contributed by atoms with van der Waals surface area (Å²) < 4.78 is 16.6. The first-order valence-electron chi connectivity index (χ1n) is 7.89. The van der Waals surface area contributed by atoms with Gasteiger partial charge < -0.3 is 19.3 Å². The third-order valence-electron chi connectivity index (χ3n) is 4.09. The predicted octanol–water partition coefficient (Wildman–Crippen LogP) is 3.48. The van der Waals surface area contributed by atoms with E-state index in [2.05, 4.69) is 0 Å². The highest BCUT2D eigenvalue weighted by Gasteiger charge is 2.18. The SMILES string of the molecule is COc1cc(C(=O)O)cc(-c2ccccc2OCC2CCOC2)c1. The molecule has 5 nitrogen and oxygen atoms in total. The smallest absolute Gasteiger partial charge is 0.335 e. The average molecular weight is 328 g/mol. The first kappa shape index (κ1) is 16.3. The third kappa shape index (κ3) is 3.68. The van der Waals surface area contributed by atoms with Gasteiger partial charge in [0.15, 0.2) is 0 Å². The summed E-state index contributed by atoms with van der Waals surface area (Å²) in [5.41, 5.74) is 1.78. The molecule has 1 heterocycles. The molecular weight excluding hydrogens is 308 g/mol. The van der Waals surface area contributed by atoms with E-state index >= 15 is 0 Å². The summed E-state index contributed by atoms with van der Waals surface area (Å²) in [5, 5.41) is 9.29. The lowest BCUT2D eigenvalue weighted by molar-refractivity contribution is 0.0696. The van der Waals surface area contributed by atoms with Crippen LogP contribution in [-0.2, 0) is 4.74 Å². The predicted molar refractivity (Wildman–Crippen MR) is 89.8 cm³/mol. The summed E-state index contributed by atoms with van der Waals surface area (Å²) in [6.07, 6.45) is 1.00. The molecule has 1 fully saturated rings. The number of hydrogen-bond acceptors (Lipinski definition) is 4. The molecule has 2 aromatic rings. The average Bonchev–Trinajstić information content (AvgIpc) is 3.13. The molecule has 126 valence electrons. The summed E-state index contributed by atoms with van der Waals surface area (Å²) >= 11 is 0. The maximum atomic E-state index is 11.3. The van der Waals surface area contributed by atoms with Gasteiger partial charge >= 0.3 is 5.97 Å². The molecule has 1 saturated heterocycles. The highest BCUT2D eigenvalue weighted by atomic mass is 16.5. The van der Waals surface area contributed by atoms with Crippen LogP contribution < -0.4 is 9.47 Å². The van der Waals surface area contributed by atoms with Gasteiger partial charge in [0, 0.05) is 18.1 Å². The third-order valence-corrected chi connectivity index (χ3v) is 4.09. The minimum Gasteiger partial charge on any atom is -0.497 e. The van der Waals surface area contributed by atoms with E-state index in [1.54, 1.807) is 6.07 Å². The minimum absolute atomic E-state index is 0.184. The van der Waals surface area contributed by atoms with Crippen LogP contribution >= 0.6 is 0 Å². The van der Waals surface area contributed by atoms with E-state index in [4.69, 9.17) is 14.2 Å². The van der Waals surface area contributed by atoms with Gasteiger partial charge in [-0.2, -0.15) is 0 Å².